The number of thioether (sulfide) groups is 1. The molecule has 4 aromatic carbocycles. The summed E-state index contributed by atoms with van der Waals surface area (Å²) in [5, 5.41) is 4.54. The first kappa shape index (κ1) is 39.0. The third-order valence-corrected chi connectivity index (χ3v) is 10.3. The molecule has 2 fully saturated rings. The quantitative estimate of drug-likeness (QED) is 0.110. The smallest absolute Gasteiger partial charge is 0.290 e. The van der Waals surface area contributed by atoms with Crippen molar-refractivity contribution in [3.05, 3.63) is 154 Å². The van der Waals surface area contributed by atoms with Gasteiger partial charge in [-0.3, -0.25) is 34.2 Å². The van der Waals surface area contributed by atoms with Gasteiger partial charge >= 0.3 is 0 Å². The van der Waals surface area contributed by atoms with Gasteiger partial charge in [0, 0.05) is 49.9 Å². The van der Waals surface area contributed by atoms with Gasteiger partial charge < -0.3 is 10.2 Å². The second-order valence-corrected chi connectivity index (χ2v) is 14.8. The maximum atomic E-state index is 14.8. The molecule has 0 unspecified atom stereocenters. The molecule has 0 spiro atoms. The van der Waals surface area contributed by atoms with Crippen LogP contribution in [0, 0.1) is 17.6 Å². The molecule has 2 N–H and O–H groups in total. The molecule has 0 aliphatic carbocycles. The minimum Gasteiger partial charge on any atom is -0.350 e. The van der Waals surface area contributed by atoms with Crippen LogP contribution in [-0.4, -0.2) is 70.3 Å². The van der Waals surface area contributed by atoms with Gasteiger partial charge in [-0.15, -0.1) is 0 Å². The molecule has 2 atom stereocenters. The second-order valence-electron chi connectivity index (χ2n) is 13.8. The zero-order valence-corrected chi connectivity index (χ0v) is 31.2. The third kappa shape index (κ3) is 9.51. The van der Waals surface area contributed by atoms with Gasteiger partial charge in [-0.25, -0.2) is 8.78 Å². The molecule has 6 rings (SSSR count). The lowest BCUT2D eigenvalue weighted by Gasteiger charge is -2.31. The number of nitrogens with zero attached hydrogens (tertiary/aromatic N) is 2. The van der Waals surface area contributed by atoms with Crippen LogP contribution in [0.3, 0.4) is 0 Å². The number of ketones is 1. The van der Waals surface area contributed by atoms with Crippen LogP contribution in [0.2, 0.25) is 0 Å². The molecule has 0 aromatic heterocycles. The van der Waals surface area contributed by atoms with Crippen LogP contribution in [0.4, 0.5) is 13.6 Å². The van der Waals surface area contributed by atoms with Crippen LogP contribution >= 0.6 is 11.8 Å². The molecule has 4 amide bonds. The number of nitrogens with one attached hydrogen (secondary N) is 2. The fourth-order valence-corrected chi connectivity index (χ4v) is 7.60. The van der Waals surface area contributed by atoms with Crippen molar-refractivity contribution in [3.63, 3.8) is 0 Å². The van der Waals surface area contributed by atoms with Gasteiger partial charge in [0.1, 0.15) is 11.6 Å². The summed E-state index contributed by atoms with van der Waals surface area (Å²) in [5.41, 5.74) is 3.00. The Morgan fingerprint density at radius 2 is 1.64 bits per heavy atom. The number of allylic oxidation sites excluding steroid dienone is 2. The Kier molecular flexibility index (Phi) is 12.5. The molecule has 0 bridgehead atoms. The normalized spacial score (nSPS) is 17.8. The highest BCUT2D eigenvalue weighted by molar-refractivity contribution is 8.18. The number of imide groups is 1. The van der Waals surface area contributed by atoms with Gasteiger partial charge in [-0.2, -0.15) is 0 Å². The maximum absolute atomic E-state index is 14.8. The summed E-state index contributed by atoms with van der Waals surface area (Å²) in [6.07, 6.45) is 4.49. The number of benzene rings is 4. The Labute approximate surface area is 322 Å². The first-order chi connectivity index (χ1) is 26.5. The van der Waals surface area contributed by atoms with E-state index >= 15 is 0 Å². The van der Waals surface area contributed by atoms with E-state index in [9.17, 15) is 32.8 Å². The molecule has 55 heavy (non-hydrogen) atoms. The lowest BCUT2D eigenvalue weighted by Crippen LogP contribution is -2.44. The number of hydrogen-bond donors (Lipinski definition) is 2. The molecule has 4 aromatic rings. The number of carbonyl (C=O) groups is 5. The number of amides is 4. The van der Waals surface area contributed by atoms with Gasteiger partial charge in [0.2, 0.25) is 5.91 Å². The van der Waals surface area contributed by atoms with Gasteiger partial charge in [0.15, 0.2) is 5.78 Å². The van der Waals surface area contributed by atoms with E-state index in [2.05, 4.69) is 53.6 Å². The molecular formula is C43H40F2N4O5S. The fourth-order valence-electron chi connectivity index (χ4n) is 6.96. The summed E-state index contributed by atoms with van der Waals surface area (Å²) in [6.45, 7) is 5.95. The Balaban J connectivity index is 1.29. The van der Waals surface area contributed by atoms with E-state index in [1.165, 1.54) is 30.4 Å². The van der Waals surface area contributed by atoms with Crippen molar-refractivity contribution in [1.82, 2.24) is 20.4 Å². The summed E-state index contributed by atoms with van der Waals surface area (Å²) in [5.74, 6) is -3.80. The molecule has 282 valence electrons. The SMILES string of the molecule is CC(C)CN(Cc1ccccc1-c1ccccc1)[C@@H]1C[C@@H](CNC(=O)/C=C/C=C2/SC(=O)NC2=O)N(C(=O)c2ccccc2C(=O)c2ccc(F)cc2F)C1. The highest BCUT2D eigenvalue weighted by Crippen LogP contribution is 2.31. The van der Waals surface area contributed by atoms with Crippen LogP contribution in [-0.2, 0) is 16.1 Å². The molecule has 2 saturated heterocycles. The number of rotatable bonds is 13. The predicted octanol–water partition coefficient (Wildman–Crippen LogP) is 7.14. The number of hydrogen-bond acceptors (Lipinski definition) is 7. The van der Waals surface area contributed by atoms with Gasteiger partial charge in [0.25, 0.3) is 17.1 Å². The number of halogens is 2. The molecule has 0 radical (unpaired) electrons. The van der Waals surface area contributed by atoms with Crippen LogP contribution in [0.25, 0.3) is 11.1 Å². The van der Waals surface area contributed by atoms with E-state index in [-0.39, 0.29) is 46.6 Å². The van der Waals surface area contributed by atoms with E-state index in [0.717, 1.165) is 47.1 Å². The third-order valence-electron chi connectivity index (χ3n) is 9.47. The Morgan fingerprint density at radius 3 is 2.35 bits per heavy atom. The summed E-state index contributed by atoms with van der Waals surface area (Å²) >= 11 is 0.739. The molecule has 2 heterocycles. The van der Waals surface area contributed by atoms with Crippen molar-refractivity contribution in [2.24, 2.45) is 5.92 Å². The second kappa shape index (κ2) is 17.6. The van der Waals surface area contributed by atoms with Gasteiger partial charge in [-0.1, -0.05) is 92.7 Å². The summed E-state index contributed by atoms with van der Waals surface area (Å²) < 4.78 is 28.5. The standard InChI is InChI=1S/C43H40F2N4O5S/c1-27(2)24-48(25-29-13-6-7-14-33(29)28-11-4-3-5-12-28)32-22-31(23-46-39(50)18-10-17-38-41(52)47-43(54)55-38)49(26-32)42(53)35-16-9-8-15-34(35)40(51)36-20-19-30(44)21-37(36)45/h3-21,27,31-32H,22-26H2,1-2H3,(H,46,50)(H,47,52,54)/b18-10+,38-17+/t31-,32+/m0/s1. The van der Waals surface area contributed by atoms with E-state index in [0.29, 0.717) is 19.0 Å². The lowest BCUT2D eigenvalue weighted by atomic mass is 9.97. The molecule has 0 saturated carbocycles. The zero-order valence-electron chi connectivity index (χ0n) is 30.3. The molecular weight excluding hydrogens is 723 g/mol. The van der Waals surface area contributed by atoms with Gasteiger partial charge in [0.05, 0.1) is 22.1 Å². The van der Waals surface area contributed by atoms with Crippen molar-refractivity contribution in [2.45, 2.75) is 38.9 Å². The monoisotopic (exact) mass is 762 g/mol. The Bertz CT molecular complexity index is 2170. The van der Waals surface area contributed by atoms with Crippen LogP contribution in [0.5, 0.6) is 0 Å². The molecule has 2 aliphatic heterocycles. The average Bonchev–Trinajstić information content (AvgIpc) is 3.75. The Hall–Kier alpha value is -5.72. The predicted molar refractivity (Wildman–Crippen MR) is 208 cm³/mol. The van der Waals surface area contributed by atoms with Crippen molar-refractivity contribution in [1.29, 1.82) is 0 Å². The Morgan fingerprint density at radius 1 is 0.927 bits per heavy atom. The minimum atomic E-state index is -1.03. The van der Waals surface area contributed by atoms with E-state index < -0.39 is 46.4 Å². The number of likely N-dealkylation sites (tertiary alicyclic amines) is 1. The average molecular weight is 763 g/mol. The van der Waals surface area contributed by atoms with E-state index in [1.54, 1.807) is 17.0 Å². The van der Waals surface area contributed by atoms with Gasteiger partial charge in [-0.05, 0) is 65.1 Å². The van der Waals surface area contributed by atoms with Crippen molar-refractivity contribution in [2.75, 3.05) is 19.6 Å². The minimum absolute atomic E-state index is 0.0247. The highest BCUT2D eigenvalue weighted by Gasteiger charge is 2.40. The maximum Gasteiger partial charge on any atom is 0.290 e. The van der Waals surface area contributed by atoms with Crippen LogP contribution in [0.15, 0.2) is 120 Å². The first-order valence-corrected chi connectivity index (χ1v) is 18.8. The molecule has 2 aliphatic rings. The summed E-state index contributed by atoms with van der Waals surface area (Å²) in [7, 11) is 0. The molecule has 12 heteroatoms. The van der Waals surface area contributed by atoms with E-state index in [1.807, 2.05) is 30.3 Å². The first-order valence-electron chi connectivity index (χ1n) is 17.9. The van der Waals surface area contributed by atoms with E-state index in [4.69, 9.17) is 0 Å². The fraction of sp³-hybridized carbons (Fsp3) is 0.233. The largest absolute Gasteiger partial charge is 0.350 e. The van der Waals surface area contributed by atoms with Crippen molar-refractivity contribution in [3.8, 4) is 11.1 Å². The molecule has 9 nitrogen and oxygen atoms in total. The topological polar surface area (TPSA) is 116 Å². The lowest BCUT2D eigenvalue weighted by molar-refractivity contribution is -0.117. The summed E-state index contributed by atoms with van der Waals surface area (Å²) in [6, 6.07) is 26.6. The zero-order chi connectivity index (χ0) is 39.1. The number of carbonyl (C=O) groups excluding carboxylic acids is 5. The van der Waals surface area contributed by atoms with Crippen LogP contribution in [0.1, 0.15) is 52.1 Å². The highest BCUT2D eigenvalue weighted by atomic mass is 32.2. The van der Waals surface area contributed by atoms with Crippen molar-refractivity contribution >= 4 is 40.5 Å². The van der Waals surface area contributed by atoms with Crippen LogP contribution < -0.4 is 10.6 Å². The van der Waals surface area contributed by atoms with Crippen molar-refractivity contribution < 1.29 is 32.8 Å². The summed E-state index contributed by atoms with van der Waals surface area (Å²) in [4.78, 5) is 68.7.